The predicted molar refractivity (Wildman–Crippen MR) is 92.7 cm³/mol. The lowest BCUT2D eigenvalue weighted by molar-refractivity contribution is 0.0933. The van der Waals surface area contributed by atoms with E-state index in [-0.39, 0.29) is 5.91 Å². The Morgan fingerprint density at radius 1 is 1.38 bits per heavy atom. The van der Waals surface area contributed by atoms with Crippen LogP contribution in [0.5, 0.6) is 5.75 Å². The van der Waals surface area contributed by atoms with Crippen molar-refractivity contribution in [3.8, 4) is 11.4 Å². The van der Waals surface area contributed by atoms with E-state index in [1.165, 1.54) is 6.42 Å². The first-order valence-electron chi connectivity index (χ1n) is 8.44. The number of benzene rings is 1. The van der Waals surface area contributed by atoms with Gasteiger partial charge < -0.3 is 10.1 Å². The third-order valence-electron chi connectivity index (χ3n) is 4.54. The van der Waals surface area contributed by atoms with E-state index >= 15 is 0 Å². The largest absolute Gasteiger partial charge is 0.493 e. The monoisotopic (exact) mass is 328 g/mol. The Labute approximate surface area is 142 Å². The summed E-state index contributed by atoms with van der Waals surface area (Å²) in [6.45, 7) is 4.94. The van der Waals surface area contributed by atoms with Gasteiger partial charge in [-0.05, 0) is 38.1 Å². The van der Waals surface area contributed by atoms with Gasteiger partial charge in [0.1, 0.15) is 0 Å². The topological polar surface area (TPSA) is 59.4 Å². The summed E-state index contributed by atoms with van der Waals surface area (Å²) in [5, 5.41) is 7.41. The lowest BCUT2D eigenvalue weighted by atomic mass is 10.2. The van der Waals surface area contributed by atoms with Gasteiger partial charge in [-0.3, -0.25) is 9.69 Å². The van der Waals surface area contributed by atoms with E-state index in [9.17, 15) is 4.79 Å². The van der Waals surface area contributed by atoms with Crippen LogP contribution in [-0.4, -0.2) is 53.4 Å². The third kappa shape index (κ3) is 3.43. The molecule has 24 heavy (non-hydrogen) atoms. The Morgan fingerprint density at radius 2 is 2.17 bits per heavy atom. The molecular formula is C18H24N4O2. The van der Waals surface area contributed by atoms with Gasteiger partial charge in [0.05, 0.1) is 19.0 Å². The molecule has 1 aliphatic rings. The summed E-state index contributed by atoms with van der Waals surface area (Å²) in [5.74, 6) is 0.291. The van der Waals surface area contributed by atoms with E-state index in [1.807, 2.05) is 30.3 Å². The van der Waals surface area contributed by atoms with Gasteiger partial charge in [0.15, 0.2) is 11.4 Å². The van der Waals surface area contributed by atoms with E-state index in [4.69, 9.17) is 4.74 Å². The van der Waals surface area contributed by atoms with E-state index in [2.05, 4.69) is 22.2 Å². The second kappa shape index (κ2) is 7.49. The molecule has 1 aromatic heterocycles. The lowest BCUT2D eigenvalue weighted by Gasteiger charge is -2.22. The van der Waals surface area contributed by atoms with Crippen molar-refractivity contribution in [3.05, 3.63) is 42.2 Å². The van der Waals surface area contributed by atoms with Crippen molar-refractivity contribution < 1.29 is 9.53 Å². The number of para-hydroxylation sites is 1. The molecular weight excluding hydrogens is 304 g/mol. The van der Waals surface area contributed by atoms with Crippen LogP contribution < -0.4 is 10.1 Å². The molecule has 3 rings (SSSR count). The predicted octanol–water partition coefficient (Wildman–Crippen LogP) is 2.09. The lowest BCUT2D eigenvalue weighted by Crippen LogP contribution is -2.40. The zero-order valence-electron chi connectivity index (χ0n) is 14.2. The zero-order valence-corrected chi connectivity index (χ0v) is 14.2. The molecule has 1 unspecified atom stereocenters. The Kier molecular flexibility index (Phi) is 5.15. The zero-order chi connectivity index (χ0) is 16.9. The molecule has 2 heterocycles. The van der Waals surface area contributed by atoms with Crippen molar-refractivity contribution in [3.63, 3.8) is 0 Å². The second-order valence-corrected chi connectivity index (χ2v) is 5.96. The number of ether oxygens (including phenoxy) is 1. The van der Waals surface area contributed by atoms with Gasteiger partial charge in [-0.1, -0.05) is 25.1 Å². The highest BCUT2D eigenvalue weighted by atomic mass is 16.5. The van der Waals surface area contributed by atoms with Crippen LogP contribution in [0.4, 0.5) is 0 Å². The van der Waals surface area contributed by atoms with E-state index in [0.717, 1.165) is 25.2 Å². The van der Waals surface area contributed by atoms with Gasteiger partial charge >= 0.3 is 0 Å². The first-order valence-corrected chi connectivity index (χ1v) is 8.44. The highest BCUT2D eigenvalue weighted by molar-refractivity contribution is 5.95. The molecule has 0 radical (unpaired) electrons. The summed E-state index contributed by atoms with van der Waals surface area (Å²) in [7, 11) is 1.55. The molecule has 1 amide bonds. The molecule has 0 saturated carbocycles. The Morgan fingerprint density at radius 3 is 2.88 bits per heavy atom. The van der Waals surface area contributed by atoms with Crippen molar-refractivity contribution >= 4 is 5.91 Å². The molecule has 1 atom stereocenters. The van der Waals surface area contributed by atoms with E-state index in [1.54, 1.807) is 18.0 Å². The van der Waals surface area contributed by atoms with E-state index < -0.39 is 0 Å². The molecule has 1 aromatic carbocycles. The molecule has 6 heteroatoms. The van der Waals surface area contributed by atoms with Gasteiger partial charge in [0, 0.05) is 12.6 Å². The maximum Gasteiger partial charge on any atom is 0.275 e. The van der Waals surface area contributed by atoms with Crippen LogP contribution in [0.3, 0.4) is 0 Å². The number of likely N-dealkylation sites (tertiary alicyclic amines) is 1. The van der Waals surface area contributed by atoms with Gasteiger partial charge in [0.2, 0.25) is 0 Å². The molecule has 2 aromatic rings. The number of carbonyl (C=O) groups excluding carboxylic acids is 1. The summed E-state index contributed by atoms with van der Waals surface area (Å²) >= 11 is 0. The minimum atomic E-state index is -0.190. The minimum absolute atomic E-state index is 0.190. The number of hydrogen-bond acceptors (Lipinski definition) is 4. The van der Waals surface area contributed by atoms with Gasteiger partial charge in [0.25, 0.3) is 5.91 Å². The van der Waals surface area contributed by atoms with Crippen LogP contribution in [0.2, 0.25) is 0 Å². The molecule has 0 spiro atoms. The van der Waals surface area contributed by atoms with Crippen molar-refractivity contribution in [1.82, 2.24) is 20.0 Å². The quantitative estimate of drug-likeness (QED) is 0.882. The van der Waals surface area contributed by atoms with Crippen LogP contribution in [-0.2, 0) is 0 Å². The average Bonchev–Trinajstić information content (AvgIpc) is 3.26. The van der Waals surface area contributed by atoms with E-state index in [0.29, 0.717) is 24.0 Å². The molecule has 1 N–H and O–H groups in total. The summed E-state index contributed by atoms with van der Waals surface area (Å²) in [5.41, 5.74) is 1.21. The van der Waals surface area contributed by atoms with Crippen molar-refractivity contribution in [2.24, 2.45) is 0 Å². The van der Waals surface area contributed by atoms with Crippen molar-refractivity contribution in [1.29, 1.82) is 0 Å². The number of carbonyl (C=O) groups is 1. The van der Waals surface area contributed by atoms with Crippen LogP contribution >= 0.6 is 0 Å². The fourth-order valence-electron chi connectivity index (χ4n) is 3.21. The normalized spacial score (nSPS) is 17.8. The number of nitrogens with one attached hydrogen (secondary N) is 1. The smallest absolute Gasteiger partial charge is 0.275 e. The molecule has 1 aliphatic heterocycles. The summed E-state index contributed by atoms with van der Waals surface area (Å²) < 4.78 is 7.00. The van der Waals surface area contributed by atoms with Crippen LogP contribution in [0, 0.1) is 0 Å². The summed E-state index contributed by atoms with van der Waals surface area (Å²) in [4.78, 5) is 14.9. The van der Waals surface area contributed by atoms with Crippen molar-refractivity contribution in [2.45, 2.75) is 25.8 Å². The SMILES string of the molecule is CCN1CCCC1CNC(=O)c1nn(-c2ccccc2)cc1OC. The van der Waals surface area contributed by atoms with Gasteiger partial charge in [-0.2, -0.15) is 5.10 Å². The molecule has 0 bridgehead atoms. The molecule has 1 fully saturated rings. The molecule has 1 saturated heterocycles. The van der Waals surface area contributed by atoms with Gasteiger partial charge in [-0.15, -0.1) is 0 Å². The molecule has 128 valence electrons. The minimum Gasteiger partial charge on any atom is -0.493 e. The third-order valence-corrected chi connectivity index (χ3v) is 4.54. The fourth-order valence-corrected chi connectivity index (χ4v) is 3.21. The number of hydrogen-bond donors (Lipinski definition) is 1. The highest BCUT2D eigenvalue weighted by Crippen LogP contribution is 2.20. The average molecular weight is 328 g/mol. The molecule has 0 aliphatic carbocycles. The molecule has 6 nitrogen and oxygen atoms in total. The number of likely N-dealkylation sites (N-methyl/N-ethyl adjacent to an activating group) is 1. The van der Waals surface area contributed by atoms with Crippen molar-refractivity contribution in [2.75, 3.05) is 26.7 Å². The van der Waals surface area contributed by atoms with Crippen LogP contribution in [0.15, 0.2) is 36.5 Å². The number of amides is 1. The fraction of sp³-hybridized carbons (Fsp3) is 0.444. The second-order valence-electron chi connectivity index (χ2n) is 5.96. The number of methoxy groups -OCH3 is 1. The van der Waals surface area contributed by atoms with Crippen LogP contribution in [0.1, 0.15) is 30.3 Å². The Balaban J connectivity index is 1.71. The maximum atomic E-state index is 12.5. The Hall–Kier alpha value is -2.34. The first kappa shape index (κ1) is 16.5. The standard InChI is InChI=1S/C18H24N4O2/c1-3-21-11-7-10-15(21)12-19-18(23)17-16(24-2)13-22(20-17)14-8-5-4-6-9-14/h4-6,8-9,13,15H,3,7,10-12H2,1-2H3,(H,19,23). The maximum absolute atomic E-state index is 12.5. The van der Waals surface area contributed by atoms with Gasteiger partial charge in [-0.25, -0.2) is 4.68 Å². The number of rotatable bonds is 6. The van der Waals surface area contributed by atoms with Crippen LogP contribution in [0.25, 0.3) is 5.69 Å². The highest BCUT2D eigenvalue weighted by Gasteiger charge is 2.25. The summed E-state index contributed by atoms with van der Waals surface area (Å²) in [6, 6.07) is 10.1. The number of nitrogens with zero attached hydrogens (tertiary/aromatic N) is 3. The summed E-state index contributed by atoms with van der Waals surface area (Å²) in [6.07, 6.45) is 4.06. The number of aromatic nitrogens is 2. The Bertz CT molecular complexity index is 684. The first-order chi connectivity index (χ1) is 11.7.